The number of ether oxygens (including phenoxy) is 2. The van der Waals surface area contributed by atoms with Crippen molar-refractivity contribution in [1.29, 1.82) is 0 Å². The zero-order chi connectivity index (χ0) is 29.7. The van der Waals surface area contributed by atoms with Gasteiger partial charge in [0.25, 0.3) is 0 Å². The van der Waals surface area contributed by atoms with Crippen LogP contribution < -0.4 is 10.1 Å². The number of hydrogen-bond acceptors (Lipinski definition) is 5. The molecule has 2 atom stereocenters. The van der Waals surface area contributed by atoms with Gasteiger partial charge in [-0.05, 0) is 62.1 Å². The molecule has 3 amide bonds. The van der Waals surface area contributed by atoms with Gasteiger partial charge in [0.15, 0.2) is 0 Å². The van der Waals surface area contributed by atoms with Crippen LogP contribution in [0.5, 0.6) is 5.75 Å². The summed E-state index contributed by atoms with van der Waals surface area (Å²) < 4.78 is 40.3. The minimum Gasteiger partial charge on any atom is -0.490 e. The molecular formula is C30H37F2N3O6. The number of carboxylic acid groups (broad SMARTS) is 1. The molecule has 222 valence electrons. The van der Waals surface area contributed by atoms with Crippen molar-refractivity contribution in [2.24, 2.45) is 0 Å². The summed E-state index contributed by atoms with van der Waals surface area (Å²) in [5.41, 5.74) is 0.817. The summed E-state index contributed by atoms with van der Waals surface area (Å²) >= 11 is 0. The van der Waals surface area contributed by atoms with Gasteiger partial charge in [0.2, 0.25) is 5.91 Å². The Bertz CT molecular complexity index is 1240. The van der Waals surface area contributed by atoms with Crippen molar-refractivity contribution in [2.75, 3.05) is 26.2 Å². The number of carbonyl (C=O) groups is 3. The maximum Gasteiger partial charge on any atom is 0.408 e. The highest BCUT2D eigenvalue weighted by atomic mass is 19.1. The number of nitrogens with one attached hydrogen (secondary N) is 1. The number of hydrogen-bond donors (Lipinski definition) is 2. The van der Waals surface area contributed by atoms with Crippen molar-refractivity contribution < 1.29 is 37.7 Å². The van der Waals surface area contributed by atoms with Gasteiger partial charge in [-0.2, -0.15) is 0 Å². The number of alkyl carbamates (subject to hydrolysis) is 1. The van der Waals surface area contributed by atoms with E-state index in [4.69, 9.17) is 14.6 Å². The number of likely N-dealkylation sites (tertiary alicyclic amines) is 2. The predicted octanol–water partition coefficient (Wildman–Crippen LogP) is 5.02. The van der Waals surface area contributed by atoms with E-state index in [0.717, 1.165) is 5.56 Å². The fraction of sp³-hybridized carbons (Fsp3) is 0.500. The molecule has 0 unspecified atom stereocenters. The first-order chi connectivity index (χ1) is 19.4. The highest BCUT2D eigenvalue weighted by Crippen LogP contribution is 2.27. The van der Waals surface area contributed by atoms with Crippen molar-refractivity contribution in [3.05, 3.63) is 53.8 Å². The Morgan fingerprint density at radius 1 is 1.00 bits per heavy atom. The molecule has 9 nitrogen and oxygen atoms in total. The van der Waals surface area contributed by atoms with Gasteiger partial charge in [-0.1, -0.05) is 24.3 Å². The van der Waals surface area contributed by atoms with E-state index in [9.17, 15) is 18.8 Å². The van der Waals surface area contributed by atoms with Crippen molar-refractivity contribution in [3.63, 3.8) is 0 Å². The Kier molecular flexibility index (Phi) is 9.35. The number of alkyl halides is 1. The van der Waals surface area contributed by atoms with E-state index in [-0.39, 0.29) is 37.6 Å². The summed E-state index contributed by atoms with van der Waals surface area (Å²) in [5.74, 6) is -0.378. The number of halogens is 2. The van der Waals surface area contributed by atoms with E-state index >= 15 is 4.39 Å². The molecular weight excluding hydrogens is 536 g/mol. The Labute approximate surface area is 238 Å². The van der Waals surface area contributed by atoms with E-state index in [0.29, 0.717) is 37.2 Å². The molecule has 2 saturated heterocycles. The number of nitrogens with zero attached hydrogens (tertiary/aromatic N) is 2. The molecule has 0 bridgehead atoms. The third-order valence-electron chi connectivity index (χ3n) is 7.11. The second-order valence-corrected chi connectivity index (χ2v) is 11.5. The lowest BCUT2D eigenvalue weighted by Crippen LogP contribution is -2.50. The van der Waals surface area contributed by atoms with Crippen LogP contribution in [0.4, 0.5) is 18.4 Å². The van der Waals surface area contributed by atoms with Crippen LogP contribution in [-0.2, 0) is 16.0 Å². The van der Waals surface area contributed by atoms with Crippen molar-refractivity contribution in [1.82, 2.24) is 15.1 Å². The minimum absolute atomic E-state index is 0.0615. The van der Waals surface area contributed by atoms with Gasteiger partial charge in [-0.3, -0.25) is 4.79 Å². The highest BCUT2D eigenvalue weighted by molar-refractivity contribution is 5.86. The first-order valence-corrected chi connectivity index (χ1v) is 13.8. The Morgan fingerprint density at radius 2 is 1.63 bits per heavy atom. The van der Waals surface area contributed by atoms with Crippen LogP contribution in [0, 0.1) is 5.82 Å². The molecule has 11 heteroatoms. The van der Waals surface area contributed by atoms with Gasteiger partial charge < -0.3 is 29.7 Å². The topological polar surface area (TPSA) is 108 Å². The zero-order valence-corrected chi connectivity index (χ0v) is 23.6. The maximum absolute atomic E-state index is 15.3. The van der Waals surface area contributed by atoms with Gasteiger partial charge in [-0.25, -0.2) is 18.4 Å². The molecule has 2 aliphatic rings. The molecule has 2 aliphatic heterocycles. The Morgan fingerprint density at radius 3 is 2.20 bits per heavy atom. The number of piperidine rings is 1. The molecule has 41 heavy (non-hydrogen) atoms. The van der Waals surface area contributed by atoms with Crippen LogP contribution >= 0.6 is 0 Å². The standard InChI is InChI=1S/C30H37F2N3O6/c1-30(2,3)41-28(37)33-26(27(36)35-13-10-22(31)18-35)17-21-5-4-20(16-25(21)32)19-6-8-23(9-7-19)40-24-11-14-34(15-12-24)29(38)39/h4-9,16,22,24,26H,10-15,17-18H2,1-3H3,(H,33,37)(H,38,39)/t22-,26-/m0/s1. The predicted molar refractivity (Wildman–Crippen MR) is 148 cm³/mol. The van der Waals surface area contributed by atoms with E-state index in [1.807, 2.05) is 12.1 Å². The van der Waals surface area contributed by atoms with Crippen LogP contribution in [0.15, 0.2) is 42.5 Å². The number of amides is 3. The van der Waals surface area contributed by atoms with E-state index in [2.05, 4.69) is 5.32 Å². The van der Waals surface area contributed by atoms with Gasteiger partial charge >= 0.3 is 12.2 Å². The molecule has 2 fully saturated rings. The van der Waals surface area contributed by atoms with Crippen molar-refractivity contribution >= 4 is 18.1 Å². The summed E-state index contributed by atoms with van der Waals surface area (Å²) in [6.45, 7) is 6.11. The third kappa shape index (κ3) is 8.31. The van der Waals surface area contributed by atoms with Crippen LogP contribution in [-0.4, -0.2) is 83.1 Å². The molecule has 0 radical (unpaired) electrons. The molecule has 2 aromatic rings. The summed E-state index contributed by atoms with van der Waals surface area (Å²) in [5, 5.41) is 11.6. The van der Waals surface area contributed by atoms with Gasteiger partial charge in [0.05, 0.1) is 6.54 Å². The normalized spacial score (nSPS) is 18.6. The van der Waals surface area contributed by atoms with E-state index in [1.54, 1.807) is 45.0 Å². The first-order valence-electron chi connectivity index (χ1n) is 13.8. The average molecular weight is 574 g/mol. The van der Waals surface area contributed by atoms with Gasteiger partial charge in [0, 0.05) is 38.9 Å². The monoisotopic (exact) mass is 573 g/mol. The Balaban J connectivity index is 1.42. The average Bonchev–Trinajstić information content (AvgIpc) is 3.35. The summed E-state index contributed by atoms with van der Waals surface area (Å²) in [6.07, 6.45) is -1.61. The zero-order valence-electron chi connectivity index (χ0n) is 23.6. The number of rotatable bonds is 7. The third-order valence-corrected chi connectivity index (χ3v) is 7.11. The quantitative estimate of drug-likeness (QED) is 0.482. The molecule has 0 aliphatic carbocycles. The highest BCUT2D eigenvalue weighted by Gasteiger charge is 2.33. The molecule has 0 saturated carbocycles. The first kappa shape index (κ1) is 30.1. The SMILES string of the molecule is CC(C)(C)OC(=O)N[C@@H](Cc1ccc(-c2ccc(OC3CCN(C(=O)O)CC3)cc2)cc1F)C(=O)N1CC[C@H](F)C1. The molecule has 2 aromatic carbocycles. The van der Waals surface area contributed by atoms with Crippen molar-refractivity contribution in [3.8, 4) is 16.9 Å². The van der Waals surface area contributed by atoms with Crippen LogP contribution in [0.25, 0.3) is 11.1 Å². The summed E-state index contributed by atoms with van der Waals surface area (Å²) in [7, 11) is 0. The second kappa shape index (κ2) is 12.7. The van der Waals surface area contributed by atoms with Gasteiger partial charge in [0.1, 0.15) is 35.5 Å². The minimum atomic E-state index is -1.13. The number of benzene rings is 2. The Hall–Kier alpha value is -3.89. The van der Waals surface area contributed by atoms with Crippen molar-refractivity contribution in [2.45, 2.75) is 70.4 Å². The molecule has 2 N–H and O–H groups in total. The van der Waals surface area contributed by atoms with Crippen LogP contribution in [0.2, 0.25) is 0 Å². The van der Waals surface area contributed by atoms with E-state index < -0.39 is 41.7 Å². The lowest BCUT2D eigenvalue weighted by atomic mass is 9.99. The molecule has 4 rings (SSSR count). The lowest BCUT2D eigenvalue weighted by molar-refractivity contribution is -0.132. The fourth-order valence-corrected chi connectivity index (χ4v) is 4.98. The largest absolute Gasteiger partial charge is 0.490 e. The number of carbonyl (C=O) groups excluding carboxylic acids is 2. The molecule has 0 aromatic heterocycles. The van der Waals surface area contributed by atoms with Crippen LogP contribution in [0.3, 0.4) is 0 Å². The van der Waals surface area contributed by atoms with Crippen LogP contribution in [0.1, 0.15) is 45.6 Å². The summed E-state index contributed by atoms with van der Waals surface area (Å²) in [6, 6.07) is 10.8. The molecule has 0 spiro atoms. The second-order valence-electron chi connectivity index (χ2n) is 11.5. The maximum atomic E-state index is 15.3. The van der Waals surface area contributed by atoms with E-state index in [1.165, 1.54) is 15.9 Å². The van der Waals surface area contributed by atoms with Gasteiger partial charge in [-0.15, -0.1) is 0 Å². The smallest absolute Gasteiger partial charge is 0.408 e. The fourth-order valence-electron chi connectivity index (χ4n) is 4.98. The molecule has 2 heterocycles. The lowest BCUT2D eigenvalue weighted by Gasteiger charge is -2.30. The summed E-state index contributed by atoms with van der Waals surface area (Å²) in [4.78, 5) is 39.4.